The molecule has 2 rings (SSSR count). The number of hydrogen-bond donors (Lipinski definition) is 1. The number of ether oxygens (including phenoxy) is 1. The van der Waals surface area contributed by atoms with Crippen molar-refractivity contribution in [3.8, 4) is 17.1 Å². The van der Waals surface area contributed by atoms with Crippen molar-refractivity contribution in [2.24, 2.45) is 0 Å². The molecule has 0 radical (unpaired) electrons. The quantitative estimate of drug-likeness (QED) is 0.851. The van der Waals surface area contributed by atoms with E-state index in [-0.39, 0.29) is 5.56 Å². The number of benzene rings is 1. The van der Waals surface area contributed by atoms with Crippen LogP contribution in [0, 0.1) is 0 Å². The lowest BCUT2D eigenvalue weighted by Gasteiger charge is -2.05. The van der Waals surface area contributed by atoms with Crippen LogP contribution in [0.4, 0.5) is 0 Å². The first-order valence-electron chi connectivity index (χ1n) is 5.08. The Hall–Kier alpha value is -2.10. The van der Waals surface area contributed by atoms with Crippen LogP contribution in [0.2, 0.25) is 0 Å². The molecular weight excluding hydrogens is 204 g/mol. The molecule has 0 aliphatic rings. The molecule has 1 aromatic heterocycles. The van der Waals surface area contributed by atoms with Crippen LogP contribution in [-0.4, -0.2) is 16.6 Å². The maximum absolute atomic E-state index is 11.1. The van der Waals surface area contributed by atoms with E-state index in [1.54, 1.807) is 0 Å². The van der Waals surface area contributed by atoms with E-state index >= 15 is 0 Å². The highest BCUT2D eigenvalue weighted by molar-refractivity contribution is 5.56. The molecule has 1 aromatic carbocycles. The van der Waals surface area contributed by atoms with Crippen LogP contribution in [0.5, 0.6) is 5.75 Å². The van der Waals surface area contributed by atoms with E-state index in [2.05, 4.69) is 9.97 Å². The van der Waals surface area contributed by atoms with Crippen LogP contribution in [0.1, 0.15) is 6.92 Å². The fourth-order valence-electron chi connectivity index (χ4n) is 1.42. The standard InChI is InChI=1S/C12H12N2O2/c1-2-16-10-5-3-4-9(8-10)12-13-7-6-11(15)14-12/h3-8H,2H2,1H3,(H,13,14,15). The van der Waals surface area contributed by atoms with Crippen molar-refractivity contribution < 1.29 is 4.74 Å². The van der Waals surface area contributed by atoms with Crippen LogP contribution < -0.4 is 10.3 Å². The molecule has 0 spiro atoms. The van der Waals surface area contributed by atoms with Gasteiger partial charge in [0.2, 0.25) is 0 Å². The maximum Gasteiger partial charge on any atom is 0.251 e. The molecule has 0 amide bonds. The highest BCUT2D eigenvalue weighted by Crippen LogP contribution is 2.19. The molecule has 1 N–H and O–H groups in total. The highest BCUT2D eigenvalue weighted by Gasteiger charge is 2.01. The van der Waals surface area contributed by atoms with Crippen molar-refractivity contribution in [1.82, 2.24) is 9.97 Å². The molecule has 4 heteroatoms. The van der Waals surface area contributed by atoms with Crippen LogP contribution in [-0.2, 0) is 0 Å². The van der Waals surface area contributed by atoms with Crippen LogP contribution in [0.15, 0.2) is 41.3 Å². The number of aromatic amines is 1. The molecule has 82 valence electrons. The summed E-state index contributed by atoms with van der Waals surface area (Å²) in [6.07, 6.45) is 1.49. The van der Waals surface area contributed by atoms with Gasteiger partial charge >= 0.3 is 0 Å². The average molecular weight is 216 g/mol. The van der Waals surface area contributed by atoms with Crippen LogP contribution >= 0.6 is 0 Å². The van der Waals surface area contributed by atoms with E-state index in [1.165, 1.54) is 12.3 Å². The van der Waals surface area contributed by atoms with Gasteiger partial charge in [-0.3, -0.25) is 4.79 Å². The summed E-state index contributed by atoms with van der Waals surface area (Å²) in [6.45, 7) is 2.54. The fourth-order valence-corrected chi connectivity index (χ4v) is 1.42. The SMILES string of the molecule is CCOc1cccc(-c2nccc(=O)[nH]2)c1. The molecule has 0 aliphatic carbocycles. The van der Waals surface area contributed by atoms with Crippen molar-refractivity contribution in [3.63, 3.8) is 0 Å². The third-order valence-corrected chi connectivity index (χ3v) is 2.09. The molecule has 0 fully saturated rings. The summed E-state index contributed by atoms with van der Waals surface area (Å²) in [5.41, 5.74) is 0.676. The predicted octanol–water partition coefficient (Wildman–Crippen LogP) is 1.84. The van der Waals surface area contributed by atoms with Crippen molar-refractivity contribution in [1.29, 1.82) is 0 Å². The molecule has 4 nitrogen and oxygen atoms in total. The Balaban J connectivity index is 2.40. The van der Waals surface area contributed by atoms with E-state index in [0.29, 0.717) is 12.4 Å². The zero-order valence-corrected chi connectivity index (χ0v) is 8.93. The van der Waals surface area contributed by atoms with Gasteiger partial charge in [-0.15, -0.1) is 0 Å². The van der Waals surface area contributed by atoms with E-state index in [4.69, 9.17) is 4.74 Å². The lowest BCUT2D eigenvalue weighted by atomic mass is 10.2. The second-order valence-corrected chi connectivity index (χ2v) is 3.24. The summed E-state index contributed by atoms with van der Waals surface area (Å²) < 4.78 is 5.38. The number of nitrogens with zero attached hydrogens (tertiary/aromatic N) is 1. The second kappa shape index (κ2) is 4.61. The highest BCUT2D eigenvalue weighted by atomic mass is 16.5. The van der Waals surface area contributed by atoms with Gasteiger partial charge in [0, 0.05) is 17.8 Å². The molecule has 0 saturated heterocycles. The number of hydrogen-bond acceptors (Lipinski definition) is 3. The minimum atomic E-state index is -0.160. The number of rotatable bonds is 3. The van der Waals surface area contributed by atoms with Gasteiger partial charge in [-0.05, 0) is 19.1 Å². The van der Waals surface area contributed by atoms with Crippen molar-refractivity contribution in [3.05, 3.63) is 46.9 Å². The molecule has 1 heterocycles. The Labute approximate surface area is 92.9 Å². The summed E-state index contributed by atoms with van der Waals surface area (Å²) in [5, 5.41) is 0. The summed E-state index contributed by atoms with van der Waals surface area (Å²) in [4.78, 5) is 17.9. The van der Waals surface area contributed by atoms with Gasteiger partial charge in [-0.1, -0.05) is 12.1 Å². The first-order valence-corrected chi connectivity index (χ1v) is 5.08. The Morgan fingerprint density at radius 2 is 2.25 bits per heavy atom. The lowest BCUT2D eigenvalue weighted by Crippen LogP contribution is -2.05. The Morgan fingerprint density at radius 1 is 1.38 bits per heavy atom. The minimum Gasteiger partial charge on any atom is -0.494 e. The first-order chi connectivity index (χ1) is 7.79. The molecule has 0 saturated carbocycles. The smallest absolute Gasteiger partial charge is 0.251 e. The van der Waals surface area contributed by atoms with Gasteiger partial charge in [0.25, 0.3) is 5.56 Å². The molecule has 2 aromatic rings. The maximum atomic E-state index is 11.1. The van der Waals surface area contributed by atoms with Gasteiger partial charge in [0.15, 0.2) is 0 Å². The van der Waals surface area contributed by atoms with Gasteiger partial charge in [0.1, 0.15) is 11.6 Å². The molecule has 0 aliphatic heterocycles. The van der Waals surface area contributed by atoms with Gasteiger partial charge in [-0.25, -0.2) is 4.98 Å². The van der Waals surface area contributed by atoms with Gasteiger partial charge in [-0.2, -0.15) is 0 Å². The van der Waals surface area contributed by atoms with Crippen molar-refractivity contribution >= 4 is 0 Å². The lowest BCUT2D eigenvalue weighted by molar-refractivity contribution is 0.340. The van der Waals surface area contributed by atoms with Crippen molar-refractivity contribution in [2.45, 2.75) is 6.92 Å². The Bertz CT molecular complexity index is 534. The number of nitrogens with one attached hydrogen (secondary N) is 1. The predicted molar refractivity (Wildman–Crippen MR) is 61.5 cm³/mol. The summed E-state index contributed by atoms with van der Waals surface area (Å²) in [5.74, 6) is 1.32. The second-order valence-electron chi connectivity index (χ2n) is 3.24. The van der Waals surface area contributed by atoms with Gasteiger partial charge < -0.3 is 9.72 Å². The van der Waals surface area contributed by atoms with Crippen molar-refractivity contribution in [2.75, 3.05) is 6.61 Å². The third kappa shape index (κ3) is 2.28. The first kappa shape index (κ1) is 10.4. The molecule has 0 bridgehead atoms. The summed E-state index contributed by atoms with van der Waals surface area (Å²) >= 11 is 0. The van der Waals surface area contributed by atoms with E-state index in [9.17, 15) is 4.79 Å². The van der Waals surface area contributed by atoms with Gasteiger partial charge in [0.05, 0.1) is 6.61 Å². The van der Waals surface area contributed by atoms with Crippen LogP contribution in [0.3, 0.4) is 0 Å². The largest absolute Gasteiger partial charge is 0.494 e. The topological polar surface area (TPSA) is 55.0 Å². The summed E-state index contributed by atoms with van der Waals surface area (Å²) in [6, 6.07) is 8.85. The number of H-pyrrole nitrogens is 1. The van der Waals surface area contributed by atoms with E-state index < -0.39 is 0 Å². The third-order valence-electron chi connectivity index (χ3n) is 2.09. The average Bonchev–Trinajstić information content (AvgIpc) is 2.30. The molecule has 0 atom stereocenters. The fraction of sp³-hybridized carbons (Fsp3) is 0.167. The summed E-state index contributed by atoms with van der Waals surface area (Å²) in [7, 11) is 0. The number of aromatic nitrogens is 2. The zero-order chi connectivity index (χ0) is 11.4. The van der Waals surface area contributed by atoms with Crippen LogP contribution in [0.25, 0.3) is 11.4 Å². The minimum absolute atomic E-state index is 0.160. The molecule has 0 unspecified atom stereocenters. The Kier molecular flexibility index (Phi) is 3.00. The zero-order valence-electron chi connectivity index (χ0n) is 8.93. The molecular formula is C12H12N2O2. The van der Waals surface area contributed by atoms with E-state index in [1.807, 2.05) is 31.2 Å². The Morgan fingerprint density at radius 3 is 3.00 bits per heavy atom. The normalized spacial score (nSPS) is 10.1. The monoisotopic (exact) mass is 216 g/mol. The van der Waals surface area contributed by atoms with E-state index in [0.717, 1.165) is 11.3 Å². The molecule has 16 heavy (non-hydrogen) atoms.